The molecule has 1 amide bonds. The molecule has 0 aliphatic heterocycles. The Kier molecular flexibility index (Phi) is 5.69. The first-order chi connectivity index (χ1) is 11.3. The number of aromatic amines is 1. The molecule has 0 bridgehead atoms. The molecule has 2 unspecified atom stereocenters. The fraction of sp³-hybridized carbons (Fsp3) is 0.471. The average Bonchev–Trinajstić information content (AvgIpc) is 3.09. The number of thioether (sulfide) groups is 1. The molecule has 0 saturated heterocycles. The highest BCUT2D eigenvalue weighted by Gasteiger charge is 2.26. The molecule has 0 radical (unpaired) electrons. The molecular weight excluding hydrogens is 308 g/mol. The molecule has 1 aromatic heterocycles. The zero-order valence-electron chi connectivity index (χ0n) is 13.1. The minimum Gasteiger partial charge on any atom is -0.352 e. The molecule has 1 aliphatic carbocycles. The van der Waals surface area contributed by atoms with Crippen LogP contribution < -0.4 is 5.32 Å². The molecule has 6 heteroatoms. The number of hydrogen-bond acceptors (Lipinski definition) is 4. The smallest absolute Gasteiger partial charge is 0.230 e. The molecule has 2 atom stereocenters. The maximum atomic E-state index is 12.2. The Bertz CT molecular complexity index is 602. The minimum absolute atomic E-state index is 0.0800. The third kappa shape index (κ3) is 4.82. The largest absolute Gasteiger partial charge is 0.352 e. The van der Waals surface area contributed by atoms with Crippen LogP contribution in [-0.2, 0) is 11.2 Å². The molecular formula is C17H22N4OS. The van der Waals surface area contributed by atoms with Gasteiger partial charge in [-0.1, -0.05) is 54.9 Å². The Morgan fingerprint density at radius 2 is 2.09 bits per heavy atom. The topological polar surface area (TPSA) is 70.7 Å². The van der Waals surface area contributed by atoms with Gasteiger partial charge in [-0.2, -0.15) is 5.10 Å². The SMILES string of the molecule is O=C(CSc1ncn[nH]1)NC1CCCCC1Cc1ccccc1. The Hall–Kier alpha value is -1.82. The summed E-state index contributed by atoms with van der Waals surface area (Å²) in [5, 5.41) is 10.5. The van der Waals surface area contributed by atoms with Crippen molar-refractivity contribution in [1.29, 1.82) is 0 Å². The monoisotopic (exact) mass is 330 g/mol. The number of carbonyl (C=O) groups excluding carboxylic acids is 1. The van der Waals surface area contributed by atoms with Gasteiger partial charge in [-0.3, -0.25) is 9.89 Å². The van der Waals surface area contributed by atoms with Crippen molar-refractivity contribution in [2.45, 2.75) is 43.3 Å². The van der Waals surface area contributed by atoms with Gasteiger partial charge in [-0.15, -0.1) is 0 Å². The summed E-state index contributed by atoms with van der Waals surface area (Å²) in [6.45, 7) is 0. The molecule has 2 N–H and O–H groups in total. The minimum atomic E-state index is 0.0800. The number of carbonyl (C=O) groups is 1. The molecule has 1 aliphatic rings. The van der Waals surface area contributed by atoms with E-state index in [1.54, 1.807) is 0 Å². The van der Waals surface area contributed by atoms with Crippen molar-refractivity contribution in [3.63, 3.8) is 0 Å². The first kappa shape index (κ1) is 16.1. The van der Waals surface area contributed by atoms with E-state index in [4.69, 9.17) is 0 Å². The number of H-pyrrole nitrogens is 1. The second-order valence-corrected chi connectivity index (χ2v) is 6.95. The Morgan fingerprint density at radius 3 is 2.87 bits per heavy atom. The Morgan fingerprint density at radius 1 is 1.26 bits per heavy atom. The standard InChI is InChI=1S/C17H22N4OS/c22-16(11-23-17-18-12-19-21-17)20-15-9-5-4-8-14(15)10-13-6-2-1-3-7-13/h1-3,6-7,12,14-15H,4-5,8-11H2,(H,20,22)(H,18,19,21). The van der Waals surface area contributed by atoms with E-state index in [1.165, 1.54) is 42.9 Å². The molecule has 2 aromatic rings. The van der Waals surface area contributed by atoms with Crippen LogP contribution in [0.3, 0.4) is 0 Å². The van der Waals surface area contributed by atoms with E-state index in [1.807, 2.05) is 6.07 Å². The van der Waals surface area contributed by atoms with Crippen LogP contribution in [0.5, 0.6) is 0 Å². The van der Waals surface area contributed by atoms with E-state index in [-0.39, 0.29) is 11.9 Å². The van der Waals surface area contributed by atoms with Crippen molar-refractivity contribution in [1.82, 2.24) is 20.5 Å². The third-order valence-electron chi connectivity index (χ3n) is 4.33. The quantitative estimate of drug-likeness (QED) is 0.799. The summed E-state index contributed by atoms with van der Waals surface area (Å²) in [5.41, 5.74) is 1.36. The fourth-order valence-corrected chi connectivity index (χ4v) is 3.80. The summed E-state index contributed by atoms with van der Waals surface area (Å²) in [6.07, 6.45) is 7.23. The zero-order chi connectivity index (χ0) is 15.9. The number of aromatic nitrogens is 3. The van der Waals surface area contributed by atoms with Gasteiger partial charge < -0.3 is 5.32 Å². The molecule has 1 heterocycles. The van der Waals surface area contributed by atoms with E-state index >= 15 is 0 Å². The summed E-state index contributed by atoms with van der Waals surface area (Å²) in [7, 11) is 0. The number of nitrogens with one attached hydrogen (secondary N) is 2. The van der Waals surface area contributed by atoms with Crippen molar-refractivity contribution >= 4 is 17.7 Å². The van der Waals surface area contributed by atoms with E-state index in [0.29, 0.717) is 16.8 Å². The first-order valence-electron chi connectivity index (χ1n) is 8.13. The maximum Gasteiger partial charge on any atom is 0.230 e. The van der Waals surface area contributed by atoms with Crippen LogP contribution in [0.1, 0.15) is 31.2 Å². The fourth-order valence-electron chi connectivity index (χ4n) is 3.21. The van der Waals surface area contributed by atoms with Crippen LogP contribution in [0, 0.1) is 5.92 Å². The summed E-state index contributed by atoms with van der Waals surface area (Å²) in [6, 6.07) is 10.8. The van der Waals surface area contributed by atoms with E-state index in [0.717, 1.165) is 12.8 Å². The summed E-state index contributed by atoms with van der Waals surface area (Å²) in [5.74, 6) is 0.991. The van der Waals surface area contributed by atoms with Crippen molar-refractivity contribution in [3.8, 4) is 0 Å². The van der Waals surface area contributed by atoms with Gasteiger partial charge in [0.25, 0.3) is 0 Å². The number of hydrogen-bond donors (Lipinski definition) is 2. The number of nitrogens with zero attached hydrogens (tertiary/aromatic N) is 2. The lowest BCUT2D eigenvalue weighted by Crippen LogP contribution is -2.43. The first-order valence-corrected chi connectivity index (χ1v) is 9.11. The number of benzene rings is 1. The van der Waals surface area contributed by atoms with Gasteiger partial charge in [0.1, 0.15) is 6.33 Å². The van der Waals surface area contributed by atoms with Crippen LogP contribution in [-0.4, -0.2) is 32.9 Å². The molecule has 1 saturated carbocycles. The summed E-state index contributed by atoms with van der Waals surface area (Å²) in [4.78, 5) is 16.2. The lowest BCUT2D eigenvalue weighted by atomic mass is 9.80. The number of rotatable bonds is 6. The van der Waals surface area contributed by atoms with Gasteiger partial charge in [-0.05, 0) is 30.7 Å². The molecule has 3 rings (SSSR count). The van der Waals surface area contributed by atoms with Crippen LogP contribution in [0.25, 0.3) is 0 Å². The van der Waals surface area contributed by atoms with Gasteiger partial charge >= 0.3 is 0 Å². The maximum absolute atomic E-state index is 12.2. The van der Waals surface area contributed by atoms with E-state index in [9.17, 15) is 4.79 Å². The Balaban J connectivity index is 1.52. The van der Waals surface area contributed by atoms with Crippen LogP contribution in [0.4, 0.5) is 0 Å². The average molecular weight is 330 g/mol. The zero-order valence-corrected chi connectivity index (χ0v) is 13.9. The molecule has 1 aromatic carbocycles. The van der Waals surface area contributed by atoms with E-state index < -0.39 is 0 Å². The molecule has 5 nitrogen and oxygen atoms in total. The second kappa shape index (κ2) is 8.15. The molecule has 1 fully saturated rings. The van der Waals surface area contributed by atoms with Gasteiger partial charge in [0.2, 0.25) is 5.91 Å². The van der Waals surface area contributed by atoms with Crippen LogP contribution in [0.2, 0.25) is 0 Å². The predicted molar refractivity (Wildman–Crippen MR) is 91.1 cm³/mol. The van der Waals surface area contributed by atoms with Crippen molar-refractivity contribution in [2.75, 3.05) is 5.75 Å². The van der Waals surface area contributed by atoms with Crippen molar-refractivity contribution in [2.24, 2.45) is 5.92 Å². The van der Waals surface area contributed by atoms with Gasteiger partial charge in [0, 0.05) is 6.04 Å². The van der Waals surface area contributed by atoms with Crippen molar-refractivity contribution in [3.05, 3.63) is 42.2 Å². The summed E-state index contributed by atoms with van der Waals surface area (Å²) < 4.78 is 0. The molecule has 23 heavy (non-hydrogen) atoms. The predicted octanol–water partition coefficient (Wildman–Crippen LogP) is 2.81. The van der Waals surface area contributed by atoms with E-state index in [2.05, 4.69) is 44.8 Å². The van der Waals surface area contributed by atoms with Gasteiger partial charge in [0.05, 0.1) is 5.75 Å². The lowest BCUT2D eigenvalue weighted by Gasteiger charge is -2.32. The highest BCUT2D eigenvalue weighted by molar-refractivity contribution is 7.99. The van der Waals surface area contributed by atoms with Crippen LogP contribution in [0.15, 0.2) is 41.8 Å². The van der Waals surface area contributed by atoms with Gasteiger partial charge in [0.15, 0.2) is 5.16 Å². The highest BCUT2D eigenvalue weighted by Crippen LogP contribution is 2.27. The second-order valence-electron chi connectivity index (χ2n) is 5.99. The van der Waals surface area contributed by atoms with Crippen LogP contribution >= 0.6 is 11.8 Å². The molecule has 0 spiro atoms. The van der Waals surface area contributed by atoms with Gasteiger partial charge in [-0.25, -0.2) is 4.98 Å². The Labute approximate surface area is 140 Å². The summed E-state index contributed by atoms with van der Waals surface area (Å²) >= 11 is 1.39. The normalized spacial score (nSPS) is 21.0. The molecule has 122 valence electrons. The lowest BCUT2D eigenvalue weighted by molar-refractivity contribution is -0.119. The highest BCUT2D eigenvalue weighted by atomic mass is 32.2. The third-order valence-corrected chi connectivity index (χ3v) is 5.21. The van der Waals surface area contributed by atoms with Crippen molar-refractivity contribution < 1.29 is 4.79 Å². The number of amides is 1.